The van der Waals surface area contributed by atoms with E-state index in [1.54, 1.807) is 0 Å². The number of hydrogen-bond donors (Lipinski definition) is 3. The standard InChI is InChI=1S/C10H8.C7H15N3O.CH5N/c1-2-6-10-8-4-3-7-9(10)5-1;1-2-6(11)4-3-5-10-7(8)9;1-2/h1-8H;2-5H2,1H3,(H4,8,9,10);2H2,1H3. The van der Waals surface area contributed by atoms with Gasteiger partial charge in [0.25, 0.3) is 0 Å². The molecule has 0 heterocycles. The lowest BCUT2D eigenvalue weighted by Gasteiger charge is -1.94. The number of fused-ring (bicyclic) bond motifs is 1. The maximum absolute atomic E-state index is 10.7. The van der Waals surface area contributed by atoms with Crippen molar-refractivity contribution in [3.05, 3.63) is 48.5 Å². The monoisotopic (exact) mass is 316 g/mol. The molecule has 0 radical (unpaired) electrons. The van der Waals surface area contributed by atoms with Gasteiger partial charge in [-0.05, 0) is 24.2 Å². The summed E-state index contributed by atoms with van der Waals surface area (Å²) in [5.74, 6) is 0.352. The lowest BCUT2D eigenvalue weighted by molar-refractivity contribution is -0.118. The zero-order valence-electron chi connectivity index (χ0n) is 14.0. The van der Waals surface area contributed by atoms with Crippen LogP contribution in [0.2, 0.25) is 0 Å². The highest BCUT2D eigenvalue weighted by Crippen LogP contribution is 2.11. The summed E-state index contributed by atoms with van der Waals surface area (Å²) >= 11 is 0. The minimum Gasteiger partial charge on any atom is -0.370 e. The Hall–Kier alpha value is -2.40. The maximum atomic E-state index is 10.7. The number of Topliss-reactive ketones (excluding diaryl/α,β-unsaturated/α-hetero) is 1. The molecular weight excluding hydrogens is 288 g/mol. The predicted molar refractivity (Wildman–Crippen MR) is 99.3 cm³/mol. The number of ketones is 1. The fraction of sp³-hybridized carbons (Fsp3) is 0.333. The Morgan fingerprint density at radius 3 is 1.74 bits per heavy atom. The Balaban J connectivity index is 0.000000380. The van der Waals surface area contributed by atoms with Gasteiger partial charge in [-0.15, -0.1) is 0 Å². The first kappa shape index (κ1) is 20.6. The third-order valence-corrected chi connectivity index (χ3v) is 2.96. The van der Waals surface area contributed by atoms with Gasteiger partial charge in [-0.25, -0.2) is 0 Å². The normalized spacial score (nSPS) is 9.00. The van der Waals surface area contributed by atoms with E-state index < -0.39 is 0 Å². The third kappa shape index (κ3) is 10.0. The van der Waals surface area contributed by atoms with Gasteiger partial charge in [-0.3, -0.25) is 9.79 Å². The highest BCUT2D eigenvalue weighted by molar-refractivity contribution is 5.82. The van der Waals surface area contributed by atoms with Crippen molar-refractivity contribution in [3.63, 3.8) is 0 Å². The summed E-state index contributed by atoms with van der Waals surface area (Å²) < 4.78 is 0. The van der Waals surface area contributed by atoms with Crippen molar-refractivity contribution in [2.75, 3.05) is 13.6 Å². The van der Waals surface area contributed by atoms with Gasteiger partial charge >= 0.3 is 0 Å². The van der Waals surface area contributed by atoms with Gasteiger partial charge in [0.15, 0.2) is 5.96 Å². The Labute approximate surface area is 138 Å². The molecule has 126 valence electrons. The van der Waals surface area contributed by atoms with Gasteiger partial charge in [0.1, 0.15) is 5.78 Å². The summed E-state index contributed by atoms with van der Waals surface area (Å²) in [6.45, 7) is 2.40. The molecule has 2 aromatic rings. The molecule has 0 spiro atoms. The number of nitrogens with zero attached hydrogens (tertiary/aromatic N) is 1. The first-order valence-corrected chi connectivity index (χ1v) is 7.72. The van der Waals surface area contributed by atoms with E-state index in [-0.39, 0.29) is 11.7 Å². The minimum absolute atomic E-state index is 0.0916. The van der Waals surface area contributed by atoms with E-state index in [0.29, 0.717) is 19.4 Å². The maximum Gasteiger partial charge on any atom is 0.185 e. The first-order chi connectivity index (χ1) is 11.1. The van der Waals surface area contributed by atoms with Crippen LogP contribution in [0.15, 0.2) is 53.5 Å². The SMILES string of the molecule is CCC(=O)CCCN=C(N)N.CN.c1ccc2ccccc2c1. The van der Waals surface area contributed by atoms with Crippen LogP contribution in [0.25, 0.3) is 10.8 Å². The Morgan fingerprint density at radius 1 is 0.957 bits per heavy atom. The van der Waals surface area contributed by atoms with Crippen LogP contribution in [0.4, 0.5) is 0 Å². The van der Waals surface area contributed by atoms with Crippen LogP contribution in [0.1, 0.15) is 26.2 Å². The second-order valence-electron chi connectivity index (χ2n) is 4.65. The molecule has 0 unspecified atom stereocenters. The van der Waals surface area contributed by atoms with Crippen LogP contribution in [0.3, 0.4) is 0 Å². The average molecular weight is 316 g/mol. The van der Waals surface area contributed by atoms with E-state index in [1.807, 2.05) is 6.92 Å². The first-order valence-electron chi connectivity index (χ1n) is 7.72. The molecule has 0 bridgehead atoms. The fourth-order valence-corrected chi connectivity index (χ4v) is 1.79. The number of hydrogen-bond acceptors (Lipinski definition) is 3. The van der Waals surface area contributed by atoms with Crippen molar-refractivity contribution >= 4 is 22.5 Å². The highest BCUT2D eigenvalue weighted by Gasteiger charge is 1.95. The minimum atomic E-state index is 0.0916. The topological polar surface area (TPSA) is 107 Å². The van der Waals surface area contributed by atoms with Gasteiger partial charge in [-0.1, -0.05) is 55.5 Å². The largest absolute Gasteiger partial charge is 0.370 e. The van der Waals surface area contributed by atoms with Crippen LogP contribution < -0.4 is 17.2 Å². The number of guanidine groups is 1. The fourth-order valence-electron chi connectivity index (χ4n) is 1.79. The van der Waals surface area contributed by atoms with Gasteiger partial charge in [0.05, 0.1) is 0 Å². The summed E-state index contributed by atoms with van der Waals surface area (Å²) in [4.78, 5) is 14.5. The second-order valence-corrected chi connectivity index (χ2v) is 4.65. The number of carbonyl (C=O) groups excluding carboxylic acids is 1. The summed E-state index contributed by atoms with van der Waals surface area (Å²) in [6.07, 6.45) is 1.92. The van der Waals surface area contributed by atoms with Crippen molar-refractivity contribution in [2.24, 2.45) is 22.2 Å². The molecule has 0 aliphatic heterocycles. The Morgan fingerprint density at radius 2 is 1.39 bits per heavy atom. The molecule has 0 saturated heterocycles. The third-order valence-electron chi connectivity index (χ3n) is 2.96. The number of nitrogens with two attached hydrogens (primary N) is 3. The van der Waals surface area contributed by atoms with Crippen LogP contribution in [-0.2, 0) is 4.79 Å². The van der Waals surface area contributed by atoms with Crippen molar-refractivity contribution in [1.82, 2.24) is 0 Å². The molecule has 0 amide bonds. The highest BCUT2D eigenvalue weighted by atomic mass is 16.1. The van der Waals surface area contributed by atoms with Gasteiger partial charge in [-0.2, -0.15) is 0 Å². The van der Waals surface area contributed by atoms with Crippen LogP contribution in [0, 0.1) is 0 Å². The van der Waals surface area contributed by atoms with Crippen LogP contribution >= 0.6 is 0 Å². The van der Waals surface area contributed by atoms with Gasteiger partial charge in [0.2, 0.25) is 0 Å². The Bertz CT molecular complexity index is 527. The van der Waals surface area contributed by atoms with Crippen molar-refractivity contribution in [3.8, 4) is 0 Å². The molecular formula is C18H28N4O. The number of aliphatic imine (C=N–C) groups is 1. The molecule has 2 rings (SSSR count). The second kappa shape index (κ2) is 13.3. The lowest BCUT2D eigenvalue weighted by Crippen LogP contribution is -2.23. The van der Waals surface area contributed by atoms with E-state index in [1.165, 1.54) is 17.8 Å². The smallest absolute Gasteiger partial charge is 0.185 e. The van der Waals surface area contributed by atoms with E-state index >= 15 is 0 Å². The molecule has 5 nitrogen and oxygen atoms in total. The summed E-state index contributed by atoms with van der Waals surface area (Å²) in [5, 5.41) is 2.62. The van der Waals surface area contributed by atoms with Crippen molar-refractivity contribution in [1.29, 1.82) is 0 Å². The molecule has 0 aromatic heterocycles. The van der Waals surface area contributed by atoms with Crippen LogP contribution in [-0.4, -0.2) is 25.3 Å². The molecule has 0 saturated carbocycles. The number of rotatable bonds is 5. The van der Waals surface area contributed by atoms with E-state index in [0.717, 1.165) is 6.42 Å². The molecule has 0 fully saturated rings. The van der Waals surface area contributed by atoms with E-state index in [9.17, 15) is 4.79 Å². The van der Waals surface area contributed by atoms with Crippen molar-refractivity contribution in [2.45, 2.75) is 26.2 Å². The zero-order valence-corrected chi connectivity index (χ0v) is 14.0. The van der Waals surface area contributed by atoms with E-state index in [2.05, 4.69) is 59.3 Å². The molecule has 0 aliphatic carbocycles. The Kier molecular flexibility index (Phi) is 11.9. The van der Waals surface area contributed by atoms with Gasteiger partial charge in [0, 0.05) is 19.4 Å². The number of benzene rings is 2. The van der Waals surface area contributed by atoms with E-state index in [4.69, 9.17) is 11.5 Å². The predicted octanol–water partition coefficient (Wildman–Crippen LogP) is 2.43. The average Bonchev–Trinajstić information content (AvgIpc) is 2.60. The molecule has 23 heavy (non-hydrogen) atoms. The summed E-state index contributed by atoms with van der Waals surface area (Å²) in [7, 11) is 1.50. The summed E-state index contributed by atoms with van der Waals surface area (Å²) in [5.41, 5.74) is 14.7. The van der Waals surface area contributed by atoms with Crippen molar-refractivity contribution < 1.29 is 4.79 Å². The van der Waals surface area contributed by atoms with Gasteiger partial charge < -0.3 is 17.2 Å². The lowest BCUT2D eigenvalue weighted by atomic mass is 10.1. The number of carbonyl (C=O) groups is 1. The molecule has 0 atom stereocenters. The zero-order chi connectivity index (χ0) is 17.5. The summed E-state index contributed by atoms with van der Waals surface area (Å²) in [6, 6.07) is 16.7. The van der Waals surface area contributed by atoms with Crippen LogP contribution in [0.5, 0.6) is 0 Å². The molecule has 6 N–H and O–H groups in total. The quantitative estimate of drug-likeness (QED) is 0.447. The molecule has 2 aromatic carbocycles. The molecule has 5 heteroatoms. The molecule has 0 aliphatic rings.